The molecular formula is C19H29N3O3. The minimum Gasteiger partial charge on any atom is -0.445 e. The smallest absolute Gasteiger partial charge is 0.410 e. The van der Waals surface area contributed by atoms with Gasteiger partial charge in [0.05, 0.1) is 0 Å². The SMILES string of the molecule is CNCCCCN1CCCCN(C(=O)OCc2ccccc2)CC1=O. The van der Waals surface area contributed by atoms with Crippen molar-refractivity contribution in [3.63, 3.8) is 0 Å². The molecule has 6 nitrogen and oxygen atoms in total. The van der Waals surface area contributed by atoms with E-state index in [2.05, 4.69) is 5.32 Å². The molecule has 25 heavy (non-hydrogen) atoms. The Bertz CT molecular complexity index is 536. The highest BCUT2D eigenvalue weighted by Crippen LogP contribution is 2.10. The molecule has 6 heteroatoms. The van der Waals surface area contributed by atoms with Gasteiger partial charge < -0.3 is 15.0 Å². The zero-order valence-electron chi connectivity index (χ0n) is 15.1. The summed E-state index contributed by atoms with van der Waals surface area (Å²) in [7, 11) is 1.93. The molecule has 1 saturated heterocycles. The maximum atomic E-state index is 12.5. The first-order chi connectivity index (χ1) is 12.2. The lowest BCUT2D eigenvalue weighted by molar-refractivity contribution is -0.133. The molecule has 1 aliphatic rings. The lowest BCUT2D eigenvalue weighted by Crippen LogP contribution is -2.46. The third-order valence-corrected chi connectivity index (χ3v) is 4.35. The molecule has 0 spiro atoms. The summed E-state index contributed by atoms with van der Waals surface area (Å²) in [4.78, 5) is 28.2. The molecule has 0 atom stereocenters. The Kier molecular flexibility index (Phi) is 8.25. The number of ether oxygens (including phenoxy) is 1. The second-order valence-corrected chi connectivity index (χ2v) is 6.36. The second kappa shape index (κ2) is 10.7. The van der Waals surface area contributed by atoms with Gasteiger partial charge in [-0.25, -0.2) is 4.79 Å². The van der Waals surface area contributed by atoms with Gasteiger partial charge in [0.2, 0.25) is 5.91 Å². The summed E-state index contributed by atoms with van der Waals surface area (Å²) >= 11 is 0. The van der Waals surface area contributed by atoms with Crippen molar-refractivity contribution < 1.29 is 14.3 Å². The molecule has 1 aliphatic heterocycles. The zero-order chi connectivity index (χ0) is 17.9. The van der Waals surface area contributed by atoms with E-state index in [1.165, 1.54) is 4.90 Å². The van der Waals surface area contributed by atoms with Gasteiger partial charge in [0.15, 0.2) is 0 Å². The molecule has 1 aromatic rings. The molecule has 138 valence electrons. The number of nitrogens with zero attached hydrogens (tertiary/aromatic N) is 2. The Labute approximate surface area is 150 Å². The number of rotatable bonds is 7. The number of nitrogens with one attached hydrogen (secondary N) is 1. The van der Waals surface area contributed by atoms with Gasteiger partial charge in [-0.15, -0.1) is 0 Å². The van der Waals surface area contributed by atoms with Crippen LogP contribution in [0.15, 0.2) is 30.3 Å². The summed E-state index contributed by atoms with van der Waals surface area (Å²) in [6, 6.07) is 9.58. The van der Waals surface area contributed by atoms with Gasteiger partial charge in [0, 0.05) is 19.6 Å². The van der Waals surface area contributed by atoms with Crippen LogP contribution in [-0.4, -0.2) is 61.6 Å². The van der Waals surface area contributed by atoms with Crippen LogP contribution in [0, 0.1) is 0 Å². The van der Waals surface area contributed by atoms with E-state index in [-0.39, 0.29) is 19.1 Å². The van der Waals surface area contributed by atoms with Crippen molar-refractivity contribution in [1.29, 1.82) is 0 Å². The van der Waals surface area contributed by atoms with Crippen molar-refractivity contribution in [3.05, 3.63) is 35.9 Å². The number of benzene rings is 1. The monoisotopic (exact) mass is 347 g/mol. The third-order valence-electron chi connectivity index (χ3n) is 4.35. The molecule has 1 aromatic carbocycles. The van der Waals surface area contributed by atoms with Crippen molar-refractivity contribution in [2.24, 2.45) is 0 Å². The number of hydrogen-bond donors (Lipinski definition) is 1. The van der Waals surface area contributed by atoms with Crippen LogP contribution >= 0.6 is 0 Å². The first-order valence-electron chi connectivity index (χ1n) is 9.08. The Morgan fingerprint density at radius 2 is 1.92 bits per heavy atom. The fourth-order valence-corrected chi connectivity index (χ4v) is 2.88. The summed E-state index contributed by atoms with van der Waals surface area (Å²) in [6.07, 6.45) is 3.42. The van der Waals surface area contributed by atoms with Crippen molar-refractivity contribution >= 4 is 12.0 Å². The molecule has 0 unspecified atom stereocenters. The molecule has 0 aromatic heterocycles. The van der Waals surface area contributed by atoms with E-state index in [0.717, 1.165) is 50.9 Å². The van der Waals surface area contributed by atoms with E-state index in [1.54, 1.807) is 0 Å². The van der Waals surface area contributed by atoms with Crippen molar-refractivity contribution in [1.82, 2.24) is 15.1 Å². The fraction of sp³-hybridized carbons (Fsp3) is 0.579. The Balaban J connectivity index is 1.82. The highest BCUT2D eigenvalue weighted by molar-refractivity contribution is 5.82. The number of carbonyl (C=O) groups excluding carboxylic acids is 2. The lowest BCUT2D eigenvalue weighted by Gasteiger charge is -2.30. The summed E-state index contributed by atoms with van der Waals surface area (Å²) in [5, 5.41) is 3.12. The third kappa shape index (κ3) is 6.74. The second-order valence-electron chi connectivity index (χ2n) is 6.36. The van der Waals surface area contributed by atoms with Gasteiger partial charge in [-0.3, -0.25) is 9.69 Å². The number of amides is 2. The molecule has 1 heterocycles. The van der Waals surface area contributed by atoms with Gasteiger partial charge in [-0.2, -0.15) is 0 Å². The van der Waals surface area contributed by atoms with E-state index >= 15 is 0 Å². The average molecular weight is 347 g/mol. The number of unbranched alkanes of at least 4 members (excludes halogenated alkanes) is 1. The van der Waals surface area contributed by atoms with Gasteiger partial charge in [0.25, 0.3) is 0 Å². The van der Waals surface area contributed by atoms with Crippen LogP contribution in [-0.2, 0) is 16.1 Å². The van der Waals surface area contributed by atoms with Crippen LogP contribution in [0.3, 0.4) is 0 Å². The van der Waals surface area contributed by atoms with Gasteiger partial charge >= 0.3 is 6.09 Å². The zero-order valence-corrected chi connectivity index (χ0v) is 15.1. The Morgan fingerprint density at radius 1 is 1.16 bits per heavy atom. The molecule has 1 fully saturated rings. The molecule has 0 aliphatic carbocycles. The quantitative estimate of drug-likeness (QED) is 0.769. The van der Waals surface area contributed by atoms with Crippen LogP contribution in [0.25, 0.3) is 0 Å². The first kappa shape index (κ1) is 19.2. The topological polar surface area (TPSA) is 61.9 Å². The summed E-state index contributed by atoms with van der Waals surface area (Å²) in [6.45, 7) is 3.42. The van der Waals surface area contributed by atoms with Crippen LogP contribution < -0.4 is 5.32 Å². The van der Waals surface area contributed by atoms with E-state index in [9.17, 15) is 9.59 Å². The van der Waals surface area contributed by atoms with E-state index in [1.807, 2.05) is 42.3 Å². The van der Waals surface area contributed by atoms with Crippen molar-refractivity contribution in [2.45, 2.75) is 32.3 Å². The number of carbonyl (C=O) groups is 2. The minimum atomic E-state index is -0.408. The molecule has 0 bridgehead atoms. The Morgan fingerprint density at radius 3 is 2.68 bits per heavy atom. The highest BCUT2D eigenvalue weighted by atomic mass is 16.6. The molecular weight excluding hydrogens is 318 g/mol. The predicted octanol–water partition coefficient (Wildman–Crippen LogP) is 2.25. The fourth-order valence-electron chi connectivity index (χ4n) is 2.88. The van der Waals surface area contributed by atoms with E-state index in [0.29, 0.717) is 6.54 Å². The van der Waals surface area contributed by atoms with Crippen LogP contribution in [0.2, 0.25) is 0 Å². The number of hydrogen-bond acceptors (Lipinski definition) is 4. The molecule has 2 amide bonds. The standard InChI is InChI=1S/C19H29N3O3/c1-20-11-5-6-12-21-13-7-8-14-22(15-18(21)23)19(24)25-16-17-9-3-2-4-10-17/h2-4,9-10,20H,5-8,11-16H2,1H3. The predicted molar refractivity (Wildman–Crippen MR) is 97.2 cm³/mol. The summed E-state index contributed by atoms with van der Waals surface area (Å²) < 4.78 is 5.37. The Hall–Kier alpha value is -2.08. The largest absolute Gasteiger partial charge is 0.445 e. The van der Waals surface area contributed by atoms with Gasteiger partial charge in [-0.1, -0.05) is 30.3 Å². The van der Waals surface area contributed by atoms with E-state index in [4.69, 9.17) is 4.74 Å². The summed E-state index contributed by atoms with van der Waals surface area (Å²) in [5.41, 5.74) is 0.945. The van der Waals surface area contributed by atoms with E-state index < -0.39 is 6.09 Å². The highest BCUT2D eigenvalue weighted by Gasteiger charge is 2.24. The average Bonchev–Trinajstić information content (AvgIpc) is 2.62. The van der Waals surface area contributed by atoms with Crippen LogP contribution in [0.4, 0.5) is 4.79 Å². The first-order valence-corrected chi connectivity index (χ1v) is 9.08. The molecule has 0 radical (unpaired) electrons. The maximum Gasteiger partial charge on any atom is 0.410 e. The van der Waals surface area contributed by atoms with Crippen molar-refractivity contribution in [3.8, 4) is 0 Å². The van der Waals surface area contributed by atoms with Gasteiger partial charge in [-0.05, 0) is 44.8 Å². The van der Waals surface area contributed by atoms with Crippen LogP contribution in [0.5, 0.6) is 0 Å². The maximum absolute atomic E-state index is 12.5. The van der Waals surface area contributed by atoms with Gasteiger partial charge in [0.1, 0.15) is 13.2 Å². The normalized spacial score (nSPS) is 15.6. The lowest BCUT2D eigenvalue weighted by atomic mass is 10.2. The molecule has 0 saturated carbocycles. The molecule has 1 N–H and O–H groups in total. The van der Waals surface area contributed by atoms with Crippen molar-refractivity contribution in [2.75, 3.05) is 39.8 Å². The van der Waals surface area contributed by atoms with Crippen LogP contribution in [0.1, 0.15) is 31.2 Å². The molecule has 2 rings (SSSR count). The minimum absolute atomic E-state index is 0.0146. The summed E-state index contributed by atoms with van der Waals surface area (Å²) in [5.74, 6) is 0.0146.